The SMILES string of the molecule is COCCCN(C[C@H](O)CO)C[C@]1(O)CC[C@H]2C3=CC=C4C[C@@H](O)CC[C@]4(C)[C@H]3CC[C@@]21C. The Labute approximate surface area is 199 Å². The zero-order valence-electron chi connectivity index (χ0n) is 20.8. The summed E-state index contributed by atoms with van der Waals surface area (Å²) in [6, 6.07) is 0. The molecule has 3 fully saturated rings. The maximum absolute atomic E-state index is 12.1. The molecule has 6 nitrogen and oxygen atoms in total. The van der Waals surface area contributed by atoms with Crippen molar-refractivity contribution in [2.45, 2.75) is 83.0 Å². The van der Waals surface area contributed by atoms with Crippen LogP contribution >= 0.6 is 0 Å². The van der Waals surface area contributed by atoms with Gasteiger partial charge in [-0.1, -0.05) is 37.1 Å². The standard InChI is InChI=1S/C27H45NO5/c1-25-10-7-20(30)15-19(25)5-6-22-23(25)8-11-26(2)24(22)9-12-27(26,32)18-28(13-4-14-33-3)16-21(31)17-29/h5-6,20-21,23-24,29-32H,4,7-18H2,1-3H3/t20-,21-,23-,24-,25-,26-,27+/m0/s1. The van der Waals surface area contributed by atoms with E-state index in [-0.39, 0.29) is 23.5 Å². The van der Waals surface area contributed by atoms with E-state index >= 15 is 0 Å². The lowest BCUT2D eigenvalue weighted by molar-refractivity contribution is -0.106. The predicted octanol–water partition coefficient (Wildman–Crippen LogP) is 2.65. The molecule has 0 unspecified atom stereocenters. The fourth-order valence-electron chi connectivity index (χ4n) is 7.75. The van der Waals surface area contributed by atoms with Crippen LogP contribution in [-0.4, -0.2) is 83.1 Å². The molecule has 0 spiro atoms. The highest BCUT2D eigenvalue weighted by molar-refractivity contribution is 5.39. The van der Waals surface area contributed by atoms with Crippen molar-refractivity contribution in [1.82, 2.24) is 4.90 Å². The molecule has 4 aliphatic rings. The van der Waals surface area contributed by atoms with Gasteiger partial charge >= 0.3 is 0 Å². The van der Waals surface area contributed by atoms with E-state index in [9.17, 15) is 20.4 Å². The van der Waals surface area contributed by atoms with Crippen LogP contribution in [0.3, 0.4) is 0 Å². The molecular weight excluding hydrogens is 418 g/mol. The molecule has 4 N–H and O–H groups in total. The first-order valence-corrected chi connectivity index (χ1v) is 13.0. The van der Waals surface area contributed by atoms with E-state index in [0.29, 0.717) is 31.5 Å². The monoisotopic (exact) mass is 463 g/mol. The van der Waals surface area contributed by atoms with Crippen LogP contribution in [0.15, 0.2) is 23.3 Å². The summed E-state index contributed by atoms with van der Waals surface area (Å²) in [4.78, 5) is 2.12. The van der Waals surface area contributed by atoms with Crippen LogP contribution in [0.1, 0.15) is 65.2 Å². The third-order valence-electron chi connectivity index (χ3n) is 9.86. The highest BCUT2D eigenvalue weighted by Crippen LogP contribution is 2.65. The number of allylic oxidation sites excluding steroid dienone is 3. The lowest BCUT2D eigenvalue weighted by Crippen LogP contribution is -2.56. The van der Waals surface area contributed by atoms with Gasteiger partial charge in [0.15, 0.2) is 0 Å². The zero-order valence-corrected chi connectivity index (χ0v) is 20.8. The van der Waals surface area contributed by atoms with E-state index in [1.165, 1.54) is 11.1 Å². The summed E-state index contributed by atoms with van der Waals surface area (Å²) >= 11 is 0. The Kier molecular flexibility index (Phi) is 7.46. The van der Waals surface area contributed by atoms with Gasteiger partial charge in [0, 0.05) is 38.8 Å². The molecule has 0 amide bonds. The predicted molar refractivity (Wildman–Crippen MR) is 129 cm³/mol. The minimum Gasteiger partial charge on any atom is -0.394 e. The number of ether oxygens (including phenoxy) is 1. The van der Waals surface area contributed by atoms with Crippen molar-refractivity contribution in [3.05, 3.63) is 23.3 Å². The highest BCUT2D eigenvalue weighted by atomic mass is 16.5. The molecule has 0 heterocycles. The molecule has 7 atom stereocenters. The smallest absolute Gasteiger partial charge is 0.0897 e. The fourth-order valence-corrected chi connectivity index (χ4v) is 7.75. The molecule has 0 saturated heterocycles. The molecular formula is C27H45NO5. The number of fused-ring (bicyclic) bond motifs is 5. The number of nitrogens with zero attached hydrogens (tertiary/aromatic N) is 1. The minimum absolute atomic E-state index is 0.142. The number of rotatable bonds is 9. The van der Waals surface area contributed by atoms with E-state index < -0.39 is 11.7 Å². The van der Waals surface area contributed by atoms with Crippen LogP contribution in [-0.2, 0) is 4.74 Å². The zero-order chi connectivity index (χ0) is 23.9. The summed E-state index contributed by atoms with van der Waals surface area (Å²) in [5.41, 5.74) is 2.05. The van der Waals surface area contributed by atoms with E-state index in [1.807, 2.05) is 0 Å². The Hall–Kier alpha value is -0.760. The van der Waals surface area contributed by atoms with Crippen LogP contribution in [0.2, 0.25) is 0 Å². The van der Waals surface area contributed by atoms with Gasteiger partial charge in [-0.15, -0.1) is 0 Å². The van der Waals surface area contributed by atoms with Crippen molar-refractivity contribution in [2.24, 2.45) is 22.7 Å². The molecule has 188 valence electrons. The Morgan fingerprint density at radius 3 is 2.61 bits per heavy atom. The summed E-state index contributed by atoms with van der Waals surface area (Å²) in [5, 5.41) is 41.8. The van der Waals surface area contributed by atoms with Crippen molar-refractivity contribution >= 4 is 0 Å². The third-order valence-corrected chi connectivity index (χ3v) is 9.86. The van der Waals surface area contributed by atoms with E-state index in [0.717, 1.165) is 57.9 Å². The van der Waals surface area contributed by atoms with Gasteiger partial charge in [-0.3, -0.25) is 4.90 Å². The molecule has 33 heavy (non-hydrogen) atoms. The Balaban J connectivity index is 1.55. The first-order chi connectivity index (χ1) is 15.7. The number of aliphatic hydroxyl groups excluding tert-OH is 3. The Morgan fingerprint density at radius 1 is 1.12 bits per heavy atom. The molecule has 0 aromatic heterocycles. The van der Waals surface area contributed by atoms with Gasteiger partial charge in [0.1, 0.15) is 0 Å². The summed E-state index contributed by atoms with van der Waals surface area (Å²) < 4.78 is 5.21. The van der Waals surface area contributed by atoms with Crippen molar-refractivity contribution < 1.29 is 25.2 Å². The van der Waals surface area contributed by atoms with Crippen LogP contribution in [0.25, 0.3) is 0 Å². The second kappa shape index (κ2) is 9.71. The van der Waals surface area contributed by atoms with E-state index in [2.05, 4.69) is 30.9 Å². The average molecular weight is 464 g/mol. The Bertz CT molecular complexity index is 768. The molecule has 0 aromatic carbocycles. The van der Waals surface area contributed by atoms with Gasteiger partial charge in [-0.25, -0.2) is 0 Å². The van der Waals surface area contributed by atoms with E-state index in [1.54, 1.807) is 7.11 Å². The maximum Gasteiger partial charge on any atom is 0.0897 e. The van der Waals surface area contributed by atoms with Gasteiger partial charge in [0.05, 0.1) is 24.4 Å². The number of hydrogen-bond acceptors (Lipinski definition) is 6. The molecule has 0 aliphatic heterocycles. The largest absolute Gasteiger partial charge is 0.394 e. The minimum atomic E-state index is -0.820. The number of hydrogen-bond donors (Lipinski definition) is 4. The van der Waals surface area contributed by atoms with Crippen LogP contribution < -0.4 is 0 Å². The van der Waals surface area contributed by atoms with Crippen LogP contribution in [0.5, 0.6) is 0 Å². The summed E-state index contributed by atoms with van der Waals surface area (Å²) in [6.07, 6.45) is 11.0. The summed E-state index contributed by atoms with van der Waals surface area (Å²) in [7, 11) is 1.69. The second-order valence-electron chi connectivity index (χ2n) is 11.7. The van der Waals surface area contributed by atoms with Crippen LogP contribution in [0.4, 0.5) is 0 Å². The first-order valence-electron chi connectivity index (χ1n) is 13.0. The quantitative estimate of drug-likeness (QED) is 0.393. The first kappa shape index (κ1) is 25.3. The number of aliphatic hydroxyl groups is 4. The van der Waals surface area contributed by atoms with Crippen LogP contribution in [0, 0.1) is 22.7 Å². The highest BCUT2D eigenvalue weighted by Gasteiger charge is 2.62. The average Bonchev–Trinajstić information content (AvgIpc) is 3.04. The van der Waals surface area contributed by atoms with Gasteiger partial charge in [0.2, 0.25) is 0 Å². The molecule has 4 aliphatic carbocycles. The molecule has 0 aromatic rings. The van der Waals surface area contributed by atoms with Crippen molar-refractivity contribution in [3.63, 3.8) is 0 Å². The van der Waals surface area contributed by atoms with Gasteiger partial charge in [-0.05, 0) is 68.6 Å². The lowest BCUT2D eigenvalue weighted by atomic mass is 9.50. The lowest BCUT2D eigenvalue weighted by Gasteiger charge is -2.56. The fraction of sp³-hybridized carbons (Fsp3) is 0.852. The normalized spacial score (nSPS) is 41.2. The topological polar surface area (TPSA) is 93.4 Å². The maximum atomic E-state index is 12.1. The van der Waals surface area contributed by atoms with Gasteiger partial charge in [0.25, 0.3) is 0 Å². The van der Waals surface area contributed by atoms with Crippen molar-refractivity contribution in [3.8, 4) is 0 Å². The van der Waals surface area contributed by atoms with E-state index in [4.69, 9.17) is 4.74 Å². The van der Waals surface area contributed by atoms with Gasteiger partial charge < -0.3 is 25.2 Å². The van der Waals surface area contributed by atoms with Crippen molar-refractivity contribution in [1.29, 1.82) is 0 Å². The second-order valence-corrected chi connectivity index (χ2v) is 11.7. The van der Waals surface area contributed by atoms with Crippen molar-refractivity contribution in [2.75, 3.05) is 40.0 Å². The molecule has 0 bridgehead atoms. The third kappa shape index (κ3) is 4.48. The molecule has 0 radical (unpaired) electrons. The van der Waals surface area contributed by atoms with Gasteiger partial charge in [-0.2, -0.15) is 0 Å². The summed E-state index contributed by atoms with van der Waals surface area (Å²) in [5.74, 6) is 0.880. The molecule has 4 rings (SSSR count). The number of methoxy groups -OCH3 is 1. The summed E-state index contributed by atoms with van der Waals surface area (Å²) in [6.45, 7) is 6.66. The molecule has 3 saturated carbocycles. The Morgan fingerprint density at radius 2 is 1.88 bits per heavy atom. The molecule has 6 heteroatoms.